The van der Waals surface area contributed by atoms with E-state index in [1.807, 2.05) is 0 Å². The van der Waals surface area contributed by atoms with Crippen molar-refractivity contribution in [2.75, 3.05) is 11.5 Å². The molecule has 2 fully saturated rings. The van der Waals surface area contributed by atoms with Gasteiger partial charge in [-0.1, -0.05) is 6.92 Å². The van der Waals surface area contributed by atoms with Crippen LogP contribution in [0.25, 0.3) is 0 Å². The molecule has 0 radical (unpaired) electrons. The van der Waals surface area contributed by atoms with Gasteiger partial charge >= 0.3 is 0 Å². The van der Waals surface area contributed by atoms with Gasteiger partial charge in [0.1, 0.15) is 0 Å². The minimum atomic E-state index is 0.996. The number of rotatable bonds is 1. The van der Waals surface area contributed by atoms with E-state index in [1.165, 1.54) is 30.8 Å². The Bertz CT molecular complexity index is 130. The summed E-state index contributed by atoms with van der Waals surface area (Å²) in [6.45, 7) is 2.43. The highest BCUT2D eigenvalue weighted by Gasteiger charge is 2.33. The predicted octanol–water partition coefficient (Wildman–Crippen LogP) is 3.02. The van der Waals surface area contributed by atoms with Gasteiger partial charge in [0.15, 0.2) is 0 Å². The monoisotopic (exact) mass is 188 g/mol. The van der Waals surface area contributed by atoms with Crippen LogP contribution in [-0.4, -0.2) is 22.0 Å². The molecule has 0 nitrogen and oxygen atoms in total. The standard InChI is InChI=1S/C9H16S2/c1-7-4-6-11-9(7)8-3-2-5-10-8/h7-9H,2-6H2,1H3. The molecule has 3 unspecified atom stereocenters. The molecule has 0 aromatic heterocycles. The van der Waals surface area contributed by atoms with E-state index >= 15 is 0 Å². The Morgan fingerprint density at radius 1 is 1.09 bits per heavy atom. The van der Waals surface area contributed by atoms with Crippen LogP contribution in [0.2, 0.25) is 0 Å². The molecule has 2 rings (SSSR count). The van der Waals surface area contributed by atoms with E-state index in [9.17, 15) is 0 Å². The van der Waals surface area contributed by atoms with Crippen LogP contribution in [0.3, 0.4) is 0 Å². The minimum absolute atomic E-state index is 0.996. The summed E-state index contributed by atoms with van der Waals surface area (Å²) in [6, 6.07) is 0. The molecule has 0 N–H and O–H groups in total. The lowest BCUT2D eigenvalue weighted by Gasteiger charge is -2.20. The van der Waals surface area contributed by atoms with Gasteiger partial charge in [-0.25, -0.2) is 0 Å². The normalized spacial score (nSPS) is 45.0. The quantitative estimate of drug-likeness (QED) is 0.620. The van der Waals surface area contributed by atoms with E-state index < -0.39 is 0 Å². The fourth-order valence-corrected chi connectivity index (χ4v) is 5.55. The summed E-state index contributed by atoms with van der Waals surface area (Å²) < 4.78 is 0. The van der Waals surface area contributed by atoms with Crippen molar-refractivity contribution in [3.63, 3.8) is 0 Å². The van der Waals surface area contributed by atoms with Crippen LogP contribution in [-0.2, 0) is 0 Å². The lowest BCUT2D eigenvalue weighted by molar-refractivity contribution is 0.541. The van der Waals surface area contributed by atoms with E-state index in [2.05, 4.69) is 30.4 Å². The third-order valence-electron chi connectivity index (χ3n) is 2.78. The Balaban J connectivity index is 1.92. The van der Waals surface area contributed by atoms with Gasteiger partial charge in [-0.05, 0) is 36.7 Å². The molecule has 0 spiro atoms. The summed E-state index contributed by atoms with van der Waals surface area (Å²) in [5.74, 6) is 3.84. The minimum Gasteiger partial charge on any atom is -0.157 e. The van der Waals surface area contributed by atoms with Crippen molar-refractivity contribution in [1.29, 1.82) is 0 Å². The van der Waals surface area contributed by atoms with Crippen molar-refractivity contribution in [3.8, 4) is 0 Å². The Kier molecular flexibility index (Phi) is 2.73. The summed E-state index contributed by atoms with van der Waals surface area (Å²) in [6.07, 6.45) is 4.43. The van der Waals surface area contributed by atoms with Gasteiger partial charge in [-0.3, -0.25) is 0 Å². The summed E-state index contributed by atoms with van der Waals surface area (Å²) in [4.78, 5) is 0. The summed E-state index contributed by atoms with van der Waals surface area (Å²) >= 11 is 4.45. The molecule has 2 heterocycles. The van der Waals surface area contributed by atoms with Crippen LogP contribution in [0.5, 0.6) is 0 Å². The molecular formula is C9H16S2. The molecule has 0 amide bonds. The van der Waals surface area contributed by atoms with Gasteiger partial charge in [0, 0.05) is 10.5 Å². The number of thioether (sulfide) groups is 2. The van der Waals surface area contributed by atoms with Crippen LogP contribution in [0.1, 0.15) is 26.2 Å². The average Bonchev–Trinajstić information content (AvgIpc) is 2.55. The molecule has 0 aromatic rings. The van der Waals surface area contributed by atoms with Crippen molar-refractivity contribution in [2.24, 2.45) is 5.92 Å². The fourth-order valence-electron chi connectivity index (χ4n) is 2.05. The first kappa shape index (κ1) is 8.31. The van der Waals surface area contributed by atoms with Gasteiger partial charge in [-0.2, -0.15) is 23.5 Å². The Labute approximate surface area is 77.9 Å². The molecular weight excluding hydrogens is 172 g/mol. The van der Waals surface area contributed by atoms with E-state index in [4.69, 9.17) is 0 Å². The van der Waals surface area contributed by atoms with Gasteiger partial charge in [0.2, 0.25) is 0 Å². The zero-order valence-electron chi connectivity index (χ0n) is 7.08. The smallest absolute Gasteiger partial charge is 0.0192 e. The first-order valence-corrected chi connectivity index (χ1v) is 6.71. The molecule has 0 aliphatic carbocycles. The molecule has 0 aromatic carbocycles. The van der Waals surface area contributed by atoms with Crippen molar-refractivity contribution >= 4 is 23.5 Å². The zero-order valence-corrected chi connectivity index (χ0v) is 8.72. The maximum Gasteiger partial charge on any atom is 0.0192 e. The van der Waals surface area contributed by atoms with E-state index in [0.717, 1.165) is 16.4 Å². The Morgan fingerprint density at radius 3 is 2.55 bits per heavy atom. The molecule has 2 aliphatic rings. The highest BCUT2D eigenvalue weighted by molar-refractivity contribution is 8.04. The number of hydrogen-bond acceptors (Lipinski definition) is 2. The van der Waals surface area contributed by atoms with Crippen LogP contribution < -0.4 is 0 Å². The molecule has 2 heteroatoms. The fraction of sp³-hybridized carbons (Fsp3) is 1.00. The van der Waals surface area contributed by atoms with Crippen LogP contribution in [0.4, 0.5) is 0 Å². The van der Waals surface area contributed by atoms with Crippen LogP contribution in [0.15, 0.2) is 0 Å². The average molecular weight is 188 g/mol. The summed E-state index contributed by atoms with van der Waals surface area (Å²) in [7, 11) is 0. The lowest BCUT2D eigenvalue weighted by Crippen LogP contribution is -2.20. The molecule has 0 saturated carbocycles. The summed E-state index contributed by atoms with van der Waals surface area (Å²) in [5, 5.41) is 2.01. The van der Waals surface area contributed by atoms with E-state index in [-0.39, 0.29) is 0 Å². The SMILES string of the molecule is CC1CCSC1C1CCCS1. The number of hydrogen-bond donors (Lipinski definition) is 0. The largest absolute Gasteiger partial charge is 0.157 e. The second-order valence-corrected chi connectivity index (χ2v) is 6.29. The second-order valence-electron chi connectivity index (χ2n) is 3.65. The highest BCUT2D eigenvalue weighted by Crippen LogP contribution is 2.42. The van der Waals surface area contributed by atoms with E-state index in [1.54, 1.807) is 0 Å². The highest BCUT2D eigenvalue weighted by atomic mass is 32.2. The molecule has 2 saturated heterocycles. The first-order chi connectivity index (χ1) is 5.38. The Morgan fingerprint density at radius 2 is 2.00 bits per heavy atom. The van der Waals surface area contributed by atoms with Gasteiger partial charge in [-0.15, -0.1) is 0 Å². The predicted molar refractivity (Wildman–Crippen MR) is 55.5 cm³/mol. The third kappa shape index (κ3) is 1.72. The van der Waals surface area contributed by atoms with Gasteiger partial charge < -0.3 is 0 Å². The second kappa shape index (κ2) is 3.61. The van der Waals surface area contributed by atoms with Crippen molar-refractivity contribution in [1.82, 2.24) is 0 Å². The lowest BCUT2D eigenvalue weighted by atomic mass is 10.0. The molecule has 3 atom stereocenters. The van der Waals surface area contributed by atoms with Crippen molar-refractivity contribution < 1.29 is 0 Å². The van der Waals surface area contributed by atoms with E-state index in [0.29, 0.717) is 0 Å². The van der Waals surface area contributed by atoms with Gasteiger partial charge in [0.25, 0.3) is 0 Å². The molecule has 2 aliphatic heterocycles. The van der Waals surface area contributed by atoms with Crippen LogP contribution in [0, 0.1) is 5.92 Å². The topological polar surface area (TPSA) is 0 Å². The molecule has 64 valence electrons. The zero-order chi connectivity index (χ0) is 7.68. The molecule has 0 bridgehead atoms. The maximum atomic E-state index is 2.43. The Hall–Kier alpha value is 0.700. The summed E-state index contributed by atoms with van der Waals surface area (Å²) in [5.41, 5.74) is 0. The molecule has 11 heavy (non-hydrogen) atoms. The van der Waals surface area contributed by atoms with Crippen molar-refractivity contribution in [3.05, 3.63) is 0 Å². The van der Waals surface area contributed by atoms with Crippen molar-refractivity contribution in [2.45, 2.75) is 36.7 Å². The van der Waals surface area contributed by atoms with Gasteiger partial charge in [0.05, 0.1) is 0 Å². The third-order valence-corrected chi connectivity index (χ3v) is 6.08. The maximum absolute atomic E-state index is 2.43. The first-order valence-electron chi connectivity index (χ1n) is 4.61. The van der Waals surface area contributed by atoms with Crippen LogP contribution >= 0.6 is 23.5 Å².